The van der Waals surface area contributed by atoms with Crippen LogP contribution in [0, 0.1) is 11.6 Å². The number of hydrogen-bond donors (Lipinski definition) is 0. The summed E-state index contributed by atoms with van der Waals surface area (Å²) in [6.45, 7) is 0.887. The molecular formula is C25H20F2N4O2. The lowest BCUT2D eigenvalue weighted by Gasteiger charge is -2.28. The molecular weight excluding hydrogens is 426 g/mol. The molecule has 3 heterocycles. The molecule has 1 aliphatic heterocycles. The molecule has 1 aliphatic rings. The Labute approximate surface area is 188 Å². The van der Waals surface area contributed by atoms with Crippen molar-refractivity contribution in [2.75, 3.05) is 25.1 Å². The van der Waals surface area contributed by atoms with Crippen LogP contribution in [-0.2, 0) is 4.79 Å². The molecule has 8 heteroatoms. The first-order valence-electron chi connectivity index (χ1n) is 10.6. The number of hydrogen-bond acceptors (Lipinski definition) is 6. The Kier molecular flexibility index (Phi) is 5.42. The van der Waals surface area contributed by atoms with Crippen molar-refractivity contribution in [1.29, 1.82) is 0 Å². The molecule has 0 unspecified atom stereocenters. The molecule has 2 aromatic heterocycles. The van der Waals surface area contributed by atoms with Crippen LogP contribution in [0.15, 0.2) is 54.9 Å². The van der Waals surface area contributed by atoms with Gasteiger partial charge in [-0.3, -0.25) is 9.78 Å². The summed E-state index contributed by atoms with van der Waals surface area (Å²) < 4.78 is 33.7. The van der Waals surface area contributed by atoms with Crippen LogP contribution in [0.3, 0.4) is 0 Å². The van der Waals surface area contributed by atoms with Crippen molar-refractivity contribution in [2.24, 2.45) is 0 Å². The second-order valence-electron chi connectivity index (χ2n) is 7.88. The molecule has 4 aromatic rings. The van der Waals surface area contributed by atoms with E-state index in [4.69, 9.17) is 14.7 Å². The van der Waals surface area contributed by atoms with Crippen LogP contribution in [0.4, 0.5) is 14.6 Å². The highest BCUT2D eigenvalue weighted by atomic mass is 19.1. The number of benzene rings is 2. The Morgan fingerprint density at radius 3 is 2.67 bits per heavy atom. The maximum Gasteiger partial charge on any atom is 0.163 e. The van der Waals surface area contributed by atoms with Gasteiger partial charge in [-0.05, 0) is 48.4 Å². The fourth-order valence-corrected chi connectivity index (χ4v) is 4.10. The van der Waals surface area contributed by atoms with Gasteiger partial charge in [-0.2, -0.15) is 0 Å². The molecule has 33 heavy (non-hydrogen) atoms. The van der Waals surface area contributed by atoms with Crippen LogP contribution in [0.5, 0.6) is 5.75 Å². The lowest BCUT2D eigenvalue weighted by molar-refractivity contribution is -0.118. The zero-order valence-corrected chi connectivity index (χ0v) is 17.9. The van der Waals surface area contributed by atoms with Crippen molar-refractivity contribution in [1.82, 2.24) is 15.0 Å². The van der Waals surface area contributed by atoms with E-state index < -0.39 is 11.6 Å². The largest absolute Gasteiger partial charge is 0.494 e. The van der Waals surface area contributed by atoms with E-state index in [0.29, 0.717) is 46.8 Å². The number of methoxy groups -OCH3 is 1. The van der Waals surface area contributed by atoms with Crippen molar-refractivity contribution >= 4 is 22.5 Å². The molecule has 1 fully saturated rings. The van der Waals surface area contributed by atoms with Gasteiger partial charge in [-0.15, -0.1) is 0 Å². The summed E-state index contributed by atoms with van der Waals surface area (Å²) in [5.74, 6) is 0.226. The van der Waals surface area contributed by atoms with Crippen LogP contribution in [-0.4, -0.2) is 40.9 Å². The van der Waals surface area contributed by atoms with E-state index in [1.54, 1.807) is 30.6 Å². The fourth-order valence-electron chi connectivity index (χ4n) is 4.10. The minimum absolute atomic E-state index is 0.128. The van der Waals surface area contributed by atoms with E-state index in [1.807, 2.05) is 11.0 Å². The number of halogens is 2. The number of pyridine rings is 1. The Morgan fingerprint density at radius 2 is 1.94 bits per heavy atom. The molecule has 6 nitrogen and oxygen atoms in total. The SMILES string of the molecule is COc1cc(-c2ccc(F)cc2F)cc2c(N3CCCC(=O)C3)nc(-c3cccnc3)nc12. The lowest BCUT2D eigenvalue weighted by atomic mass is 10.0. The minimum Gasteiger partial charge on any atom is -0.494 e. The maximum atomic E-state index is 14.6. The Bertz CT molecular complexity index is 1360. The van der Waals surface area contributed by atoms with Crippen molar-refractivity contribution in [2.45, 2.75) is 12.8 Å². The molecule has 0 N–H and O–H groups in total. The number of anilines is 1. The summed E-state index contributed by atoms with van der Waals surface area (Å²) in [5, 5.41) is 0.621. The zero-order chi connectivity index (χ0) is 22.9. The van der Waals surface area contributed by atoms with Gasteiger partial charge in [0.05, 0.1) is 13.7 Å². The Balaban J connectivity index is 1.78. The third-order valence-corrected chi connectivity index (χ3v) is 5.68. The zero-order valence-electron chi connectivity index (χ0n) is 17.9. The van der Waals surface area contributed by atoms with Crippen molar-refractivity contribution in [3.63, 3.8) is 0 Å². The summed E-state index contributed by atoms with van der Waals surface area (Å²) in [7, 11) is 1.51. The first-order valence-corrected chi connectivity index (χ1v) is 10.6. The average molecular weight is 446 g/mol. The first-order chi connectivity index (χ1) is 16.0. The Morgan fingerprint density at radius 1 is 1.06 bits per heavy atom. The van der Waals surface area contributed by atoms with Gasteiger partial charge in [0, 0.05) is 47.9 Å². The van der Waals surface area contributed by atoms with E-state index in [0.717, 1.165) is 18.1 Å². The third-order valence-electron chi connectivity index (χ3n) is 5.68. The van der Waals surface area contributed by atoms with Crippen LogP contribution in [0.2, 0.25) is 0 Å². The molecule has 0 radical (unpaired) electrons. The molecule has 2 aromatic carbocycles. The standard InChI is InChI=1S/C25H20F2N4O2/c1-33-22-11-16(19-7-6-17(26)12-21(19)27)10-20-23(22)29-24(15-4-2-8-28-13-15)30-25(20)31-9-3-5-18(32)14-31/h2,4,6-8,10-13H,3,5,9,14H2,1H3. The van der Waals surface area contributed by atoms with Gasteiger partial charge < -0.3 is 9.64 Å². The van der Waals surface area contributed by atoms with E-state index in [-0.39, 0.29) is 17.9 Å². The van der Waals surface area contributed by atoms with Gasteiger partial charge in [0.15, 0.2) is 11.6 Å². The molecule has 0 spiro atoms. The number of carbonyl (C=O) groups excluding carboxylic acids is 1. The second-order valence-corrected chi connectivity index (χ2v) is 7.88. The van der Waals surface area contributed by atoms with Gasteiger partial charge in [0.25, 0.3) is 0 Å². The topological polar surface area (TPSA) is 68.2 Å². The van der Waals surface area contributed by atoms with E-state index in [1.165, 1.54) is 19.2 Å². The van der Waals surface area contributed by atoms with Gasteiger partial charge >= 0.3 is 0 Å². The summed E-state index contributed by atoms with van der Waals surface area (Å²) >= 11 is 0. The number of aromatic nitrogens is 3. The molecule has 0 saturated carbocycles. The molecule has 5 rings (SSSR count). The number of piperidine rings is 1. The van der Waals surface area contributed by atoms with Gasteiger partial charge in [0.1, 0.15) is 28.7 Å². The van der Waals surface area contributed by atoms with Crippen molar-refractivity contribution in [3.8, 4) is 28.3 Å². The normalized spacial score (nSPS) is 14.0. The highest BCUT2D eigenvalue weighted by Gasteiger charge is 2.24. The first kappa shape index (κ1) is 20.9. The molecule has 0 amide bonds. The van der Waals surface area contributed by atoms with E-state index in [9.17, 15) is 13.6 Å². The predicted octanol–water partition coefficient (Wildman–Crippen LogP) is 4.81. The number of nitrogens with zero attached hydrogens (tertiary/aromatic N) is 4. The van der Waals surface area contributed by atoms with Crippen LogP contribution < -0.4 is 9.64 Å². The quantitative estimate of drug-likeness (QED) is 0.448. The lowest BCUT2D eigenvalue weighted by Crippen LogP contribution is -2.36. The highest BCUT2D eigenvalue weighted by Crippen LogP contribution is 2.38. The second kappa shape index (κ2) is 8.54. The molecule has 0 atom stereocenters. The summed E-state index contributed by atoms with van der Waals surface area (Å²) in [5.41, 5.74) is 1.98. The number of Topliss-reactive ketones (excluding diaryl/α,β-unsaturated/α-hetero) is 1. The molecule has 0 aliphatic carbocycles. The molecule has 1 saturated heterocycles. The fraction of sp³-hybridized carbons (Fsp3) is 0.200. The van der Waals surface area contributed by atoms with Crippen molar-refractivity contribution in [3.05, 3.63) is 66.5 Å². The smallest absolute Gasteiger partial charge is 0.163 e. The van der Waals surface area contributed by atoms with Crippen LogP contribution in [0.25, 0.3) is 33.4 Å². The number of fused-ring (bicyclic) bond motifs is 1. The summed E-state index contributed by atoms with van der Waals surface area (Å²) in [6.07, 6.45) is 4.58. The number of ether oxygens (including phenoxy) is 1. The average Bonchev–Trinajstić information content (AvgIpc) is 2.83. The van der Waals surface area contributed by atoms with E-state index >= 15 is 0 Å². The monoisotopic (exact) mass is 446 g/mol. The number of ketones is 1. The van der Waals surface area contributed by atoms with Crippen LogP contribution >= 0.6 is 0 Å². The molecule has 166 valence electrons. The third kappa shape index (κ3) is 4.00. The van der Waals surface area contributed by atoms with Gasteiger partial charge in [-0.25, -0.2) is 18.7 Å². The Hall–Kier alpha value is -3.94. The van der Waals surface area contributed by atoms with E-state index in [2.05, 4.69) is 4.98 Å². The highest BCUT2D eigenvalue weighted by molar-refractivity contribution is 5.99. The summed E-state index contributed by atoms with van der Waals surface area (Å²) in [6, 6.07) is 10.5. The predicted molar refractivity (Wildman–Crippen MR) is 121 cm³/mol. The number of carbonyl (C=O) groups is 1. The van der Waals surface area contributed by atoms with Crippen LogP contribution in [0.1, 0.15) is 12.8 Å². The number of rotatable bonds is 4. The summed E-state index contributed by atoms with van der Waals surface area (Å²) in [4.78, 5) is 27.8. The minimum atomic E-state index is -0.681. The van der Waals surface area contributed by atoms with Crippen molar-refractivity contribution < 1.29 is 18.3 Å². The van der Waals surface area contributed by atoms with Gasteiger partial charge in [0.2, 0.25) is 0 Å². The molecule has 0 bridgehead atoms. The van der Waals surface area contributed by atoms with Gasteiger partial charge in [-0.1, -0.05) is 0 Å². The maximum absolute atomic E-state index is 14.6.